The number of nitrogens with zero attached hydrogens (tertiary/aromatic N) is 1. The molecule has 10 heteroatoms. The van der Waals surface area contributed by atoms with Gasteiger partial charge >= 0.3 is 0 Å². The second kappa shape index (κ2) is 5.84. The number of primary sulfonamides is 1. The Balaban J connectivity index is 2.14. The van der Waals surface area contributed by atoms with Crippen molar-refractivity contribution in [3.8, 4) is 0 Å². The van der Waals surface area contributed by atoms with Crippen molar-refractivity contribution in [3.05, 3.63) is 24.3 Å². The molecule has 0 radical (unpaired) electrons. The molecule has 1 aliphatic heterocycles. The van der Waals surface area contributed by atoms with Crippen LogP contribution in [0.1, 0.15) is 6.42 Å². The van der Waals surface area contributed by atoms with Gasteiger partial charge in [-0.05, 0) is 24.3 Å². The number of nitrogens with one attached hydrogen (secondary N) is 1. The van der Waals surface area contributed by atoms with Gasteiger partial charge in [-0.15, -0.1) is 0 Å². The average Bonchev–Trinajstić information content (AvgIpc) is 2.68. The Kier molecular flexibility index (Phi) is 4.30. The van der Waals surface area contributed by atoms with Crippen LogP contribution in [0.2, 0.25) is 0 Å². The topological polar surface area (TPSA) is 142 Å². The largest absolute Gasteiger partial charge is 0.550 e. The van der Waals surface area contributed by atoms with Gasteiger partial charge in [0.2, 0.25) is 15.9 Å². The summed E-state index contributed by atoms with van der Waals surface area (Å²) in [5.41, 5.74) is 0.402. The lowest BCUT2D eigenvalue weighted by Crippen LogP contribution is -2.31. The van der Waals surface area contributed by atoms with E-state index in [0.29, 0.717) is 5.69 Å². The van der Waals surface area contributed by atoms with Crippen LogP contribution in [0.15, 0.2) is 34.2 Å². The number of aliphatic imine (C=N–C) groups is 1. The summed E-state index contributed by atoms with van der Waals surface area (Å²) in [7, 11) is -3.77. The molecule has 8 nitrogen and oxygen atoms in total. The minimum Gasteiger partial charge on any atom is -0.550 e. The van der Waals surface area contributed by atoms with Gasteiger partial charge in [-0.1, -0.05) is 11.8 Å². The quantitative estimate of drug-likeness (QED) is 0.703. The van der Waals surface area contributed by atoms with Crippen LogP contribution in [0.5, 0.6) is 0 Å². The molecule has 1 saturated heterocycles. The number of sulfonamides is 1. The van der Waals surface area contributed by atoms with E-state index in [9.17, 15) is 23.1 Å². The maximum absolute atomic E-state index is 11.5. The zero-order chi connectivity index (χ0) is 15.6. The minimum atomic E-state index is -3.77. The number of rotatable bonds is 4. The van der Waals surface area contributed by atoms with E-state index in [1.54, 1.807) is 0 Å². The van der Waals surface area contributed by atoms with Crippen LogP contribution in [0.25, 0.3) is 0 Å². The van der Waals surface area contributed by atoms with Crippen molar-refractivity contribution in [2.75, 3.05) is 0 Å². The first-order chi connectivity index (χ1) is 9.75. The highest BCUT2D eigenvalue weighted by atomic mass is 32.2. The molecule has 1 heterocycles. The zero-order valence-electron chi connectivity index (χ0n) is 10.5. The first-order valence-electron chi connectivity index (χ1n) is 5.64. The standard InChI is InChI=1S/C11H11N3O5S2/c12-21(18,19)7-3-1-6(2-4-7)13-11-14-10(17)8(20-11)5-9(15)16/h1-4,8H,5H2,(H,15,16)(H2,12,18,19)(H,13,14,17)/p-1. The number of thioether (sulfide) groups is 1. The maximum Gasteiger partial charge on any atom is 0.239 e. The molecule has 1 fully saturated rings. The Morgan fingerprint density at radius 1 is 1.38 bits per heavy atom. The van der Waals surface area contributed by atoms with E-state index in [1.807, 2.05) is 0 Å². The Labute approximate surface area is 124 Å². The van der Waals surface area contributed by atoms with Gasteiger partial charge in [0.25, 0.3) is 0 Å². The molecule has 0 bridgehead atoms. The smallest absolute Gasteiger partial charge is 0.239 e. The highest BCUT2D eigenvalue weighted by molar-refractivity contribution is 8.15. The predicted octanol–water partition coefficient (Wildman–Crippen LogP) is -1.31. The summed E-state index contributed by atoms with van der Waals surface area (Å²) in [6.07, 6.45) is -0.403. The van der Waals surface area contributed by atoms with Crippen molar-refractivity contribution in [1.29, 1.82) is 0 Å². The molecule has 0 saturated carbocycles. The number of carbonyl (C=O) groups excluding carboxylic acids is 2. The van der Waals surface area contributed by atoms with Crippen molar-refractivity contribution in [2.45, 2.75) is 16.6 Å². The lowest BCUT2D eigenvalue weighted by Gasteiger charge is -2.04. The average molecular weight is 328 g/mol. The molecule has 0 spiro atoms. The molecule has 3 N–H and O–H groups in total. The van der Waals surface area contributed by atoms with E-state index in [0.717, 1.165) is 11.8 Å². The fraction of sp³-hybridized carbons (Fsp3) is 0.182. The van der Waals surface area contributed by atoms with Gasteiger partial charge in [0, 0.05) is 12.4 Å². The summed E-state index contributed by atoms with van der Waals surface area (Å²) in [5.74, 6) is -1.77. The van der Waals surface area contributed by atoms with Gasteiger partial charge in [0.15, 0.2) is 5.17 Å². The molecular weight excluding hydrogens is 318 g/mol. The molecule has 2 rings (SSSR count). The Morgan fingerprint density at radius 2 is 2.00 bits per heavy atom. The molecule has 1 atom stereocenters. The number of amidine groups is 1. The van der Waals surface area contributed by atoms with Gasteiger partial charge in [0.05, 0.1) is 15.8 Å². The Bertz CT molecular complexity index is 712. The fourth-order valence-electron chi connectivity index (χ4n) is 1.57. The van der Waals surface area contributed by atoms with Crippen molar-refractivity contribution in [3.63, 3.8) is 0 Å². The van der Waals surface area contributed by atoms with E-state index >= 15 is 0 Å². The molecular formula is C11H10N3O5S2-. The Hall–Kier alpha value is -1.91. The number of carboxylic acids is 1. The van der Waals surface area contributed by atoms with Crippen LogP contribution < -0.4 is 15.6 Å². The van der Waals surface area contributed by atoms with Crippen LogP contribution in [-0.4, -0.2) is 30.7 Å². The number of hydrogen-bond acceptors (Lipinski definition) is 7. The number of aliphatic carboxylic acids is 1. The summed E-state index contributed by atoms with van der Waals surface area (Å²) < 4.78 is 22.2. The van der Waals surface area contributed by atoms with Crippen molar-refractivity contribution in [2.24, 2.45) is 10.1 Å². The summed E-state index contributed by atoms with van der Waals surface area (Å²) in [6, 6.07) is 5.42. The highest BCUT2D eigenvalue weighted by Crippen LogP contribution is 2.25. The zero-order valence-corrected chi connectivity index (χ0v) is 12.1. The molecule has 21 heavy (non-hydrogen) atoms. The van der Waals surface area contributed by atoms with Gasteiger partial charge in [-0.25, -0.2) is 18.5 Å². The maximum atomic E-state index is 11.5. The molecule has 0 aromatic heterocycles. The van der Waals surface area contributed by atoms with Crippen LogP contribution in [0.3, 0.4) is 0 Å². The SMILES string of the molecule is NS(=O)(=O)c1ccc(N=C2NC(=O)C(CC(=O)[O-])S2)cc1. The monoisotopic (exact) mass is 328 g/mol. The third-order valence-corrected chi connectivity index (χ3v) is 4.54. The van der Waals surface area contributed by atoms with Crippen LogP contribution in [-0.2, 0) is 19.6 Å². The second-order valence-corrected chi connectivity index (χ2v) is 6.88. The van der Waals surface area contributed by atoms with E-state index in [4.69, 9.17) is 5.14 Å². The van der Waals surface area contributed by atoms with Crippen molar-refractivity contribution in [1.82, 2.24) is 5.32 Å². The highest BCUT2D eigenvalue weighted by Gasteiger charge is 2.30. The first kappa shape index (κ1) is 15.5. The fourth-order valence-corrected chi connectivity index (χ4v) is 3.06. The Morgan fingerprint density at radius 3 is 2.52 bits per heavy atom. The van der Waals surface area contributed by atoms with Crippen LogP contribution in [0, 0.1) is 0 Å². The summed E-state index contributed by atoms with van der Waals surface area (Å²) >= 11 is 0.977. The third kappa shape index (κ3) is 4.03. The number of carboxylic acid groups (broad SMARTS) is 1. The van der Waals surface area contributed by atoms with E-state index in [-0.39, 0.29) is 10.1 Å². The van der Waals surface area contributed by atoms with E-state index in [1.165, 1.54) is 24.3 Å². The molecule has 1 aromatic rings. The molecule has 1 aliphatic rings. The van der Waals surface area contributed by atoms with Gasteiger partial charge in [-0.2, -0.15) is 0 Å². The number of hydrogen-bond donors (Lipinski definition) is 2. The summed E-state index contributed by atoms with van der Waals surface area (Å²) in [6.45, 7) is 0. The number of benzene rings is 1. The summed E-state index contributed by atoms with van der Waals surface area (Å²) in [4.78, 5) is 26.0. The molecule has 112 valence electrons. The number of amides is 1. The van der Waals surface area contributed by atoms with E-state index in [2.05, 4.69) is 10.3 Å². The van der Waals surface area contributed by atoms with Crippen LogP contribution >= 0.6 is 11.8 Å². The second-order valence-electron chi connectivity index (χ2n) is 4.13. The van der Waals surface area contributed by atoms with Crippen molar-refractivity contribution < 1.29 is 23.1 Å². The number of carbonyl (C=O) groups is 2. The lowest BCUT2D eigenvalue weighted by atomic mass is 10.3. The van der Waals surface area contributed by atoms with Gasteiger partial charge < -0.3 is 15.2 Å². The van der Waals surface area contributed by atoms with Crippen LogP contribution in [0.4, 0.5) is 5.69 Å². The van der Waals surface area contributed by atoms with Crippen molar-refractivity contribution >= 4 is 44.5 Å². The summed E-state index contributed by atoms with van der Waals surface area (Å²) in [5, 5.41) is 17.4. The lowest BCUT2D eigenvalue weighted by molar-refractivity contribution is -0.305. The normalized spacial score (nSPS) is 20.5. The minimum absolute atomic E-state index is 0.0515. The number of nitrogens with two attached hydrogens (primary N) is 1. The first-order valence-corrected chi connectivity index (χ1v) is 8.07. The molecule has 1 aromatic carbocycles. The van der Waals surface area contributed by atoms with Gasteiger partial charge in [0.1, 0.15) is 0 Å². The third-order valence-electron chi connectivity index (χ3n) is 2.52. The van der Waals surface area contributed by atoms with E-state index < -0.39 is 33.6 Å². The molecule has 1 amide bonds. The molecule has 1 unspecified atom stereocenters. The molecule has 0 aliphatic carbocycles. The predicted molar refractivity (Wildman–Crippen MR) is 74.1 cm³/mol. The van der Waals surface area contributed by atoms with Gasteiger partial charge in [-0.3, -0.25) is 4.79 Å².